The summed E-state index contributed by atoms with van der Waals surface area (Å²) in [5, 5.41) is 6.92. The van der Waals surface area contributed by atoms with Gasteiger partial charge in [0.15, 0.2) is 17.5 Å². The molecule has 1 aliphatic rings. The summed E-state index contributed by atoms with van der Waals surface area (Å²) in [6.45, 7) is 4.84. The van der Waals surface area contributed by atoms with E-state index in [0.717, 1.165) is 35.0 Å². The lowest BCUT2D eigenvalue weighted by Gasteiger charge is -2.38. The zero-order valence-corrected chi connectivity index (χ0v) is 17.2. The van der Waals surface area contributed by atoms with Crippen LogP contribution in [0, 0.1) is 0 Å². The molecule has 1 aliphatic heterocycles. The van der Waals surface area contributed by atoms with Crippen molar-refractivity contribution < 1.29 is 14.2 Å². The number of rotatable bonds is 5. The Labute approximate surface area is 166 Å². The summed E-state index contributed by atoms with van der Waals surface area (Å²) in [6, 6.07) is 14.2. The second-order valence-corrected chi connectivity index (χ2v) is 7.42. The van der Waals surface area contributed by atoms with Crippen molar-refractivity contribution in [3.05, 3.63) is 53.6 Å². The molecule has 1 unspecified atom stereocenters. The molecule has 0 amide bonds. The van der Waals surface area contributed by atoms with Gasteiger partial charge in [-0.1, -0.05) is 24.3 Å². The van der Waals surface area contributed by atoms with Gasteiger partial charge in [0.05, 0.1) is 20.3 Å². The van der Waals surface area contributed by atoms with Crippen molar-refractivity contribution in [1.29, 1.82) is 0 Å². The number of guanidine groups is 1. The van der Waals surface area contributed by atoms with Gasteiger partial charge in [-0.2, -0.15) is 0 Å². The lowest BCUT2D eigenvalue weighted by molar-refractivity contribution is 0.0694. The maximum atomic E-state index is 6.12. The van der Waals surface area contributed by atoms with Crippen molar-refractivity contribution in [2.24, 2.45) is 4.99 Å². The molecule has 6 heteroatoms. The van der Waals surface area contributed by atoms with E-state index in [4.69, 9.17) is 14.2 Å². The molecule has 0 bridgehead atoms. The molecule has 150 valence electrons. The summed E-state index contributed by atoms with van der Waals surface area (Å²) in [5.74, 6) is 3.10. The molecule has 0 radical (unpaired) electrons. The molecule has 6 nitrogen and oxygen atoms in total. The van der Waals surface area contributed by atoms with E-state index in [1.807, 2.05) is 36.4 Å². The minimum absolute atomic E-state index is 0.122. The van der Waals surface area contributed by atoms with E-state index in [1.165, 1.54) is 0 Å². The van der Waals surface area contributed by atoms with Gasteiger partial charge in [-0.3, -0.25) is 4.99 Å². The first-order chi connectivity index (χ1) is 13.5. The SMILES string of the molecule is CN=C(NCc1ccc(OC)c(OC)c1)NC1CC(C)(C)Oc2ccccc21. The molecule has 28 heavy (non-hydrogen) atoms. The molecule has 3 rings (SSSR count). The van der Waals surface area contributed by atoms with Crippen molar-refractivity contribution in [1.82, 2.24) is 10.6 Å². The van der Waals surface area contributed by atoms with Crippen LogP contribution < -0.4 is 24.8 Å². The monoisotopic (exact) mass is 383 g/mol. The fraction of sp³-hybridized carbons (Fsp3) is 0.409. The highest BCUT2D eigenvalue weighted by molar-refractivity contribution is 5.80. The quantitative estimate of drug-likeness (QED) is 0.609. The Morgan fingerprint density at radius 1 is 1.14 bits per heavy atom. The van der Waals surface area contributed by atoms with Crippen LogP contribution in [0.3, 0.4) is 0 Å². The molecule has 0 spiro atoms. The van der Waals surface area contributed by atoms with E-state index in [1.54, 1.807) is 21.3 Å². The number of methoxy groups -OCH3 is 2. The number of nitrogens with one attached hydrogen (secondary N) is 2. The molecular weight excluding hydrogens is 354 g/mol. The summed E-state index contributed by atoms with van der Waals surface area (Å²) >= 11 is 0. The Morgan fingerprint density at radius 3 is 2.61 bits per heavy atom. The summed E-state index contributed by atoms with van der Waals surface area (Å²) in [5.41, 5.74) is 1.98. The van der Waals surface area contributed by atoms with Crippen molar-refractivity contribution in [3.8, 4) is 17.2 Å². The average Bonchev–Trinajstić information content (AvgIpc) is 2.69. The number of ether oxygens (including phenoxy) is 3. The van der Waals surface area contributed by atoms with Gasteiger partial charge in [0.2, 0.25) is 0 Å². The number of fused-ring (bicyclic) bond motifs is 1. The molecule has 0 saturated heterocycles. The van der Waals surface area contributed by atoms with Crippen molar-refractivity contribution in [2.75, 3.05) is 21.3 Å². The van der Waals surface area contributed by atoms with Crippen molar-refractivity contribution in [2.45, 2.75) is 38.5 Å². The Morgan fingerprint density at radius 2 is 1.89 bits per heavy atom. The summed E-state index contributed by atoms with van der Waals surface area (Å²) in [7, 11) is 5.05. The van der Waals surface area contributed by atoms with Crippen LogP contribution in [0.1, 0.15) is 37.4 Å². The van der Waals surface area contributed by atoms with Crippen LogP contribution in [0.15, 0.2) is 47.5 Å². The second-order valence-electron chi connectivity index (χ2n) is 7.42. The number of nitrogens with zero attached hydrogens (tertiary/aromatic N) is 1. The molecular formula is C22H29N3O3. The smallest absolute Gasteiger partial charge is 0.191 e. The van der Waals surface area contributed by atoms with Crippen molar-refractivity contribution >= 4 is 5.96 Å². The topological polar surface area (TPSA) is 64.1 Å². The zero-order valence-electron chi connectivity index (χ0n) is 17.2. The molecule has 1 heterocycles. The standard InChI is InChI=1S/C22H29N3O3/c1-22(2)13-17(16-8-6-7-9-18(16)28-22)25-21(23-3)24-14-15-10-11-19(26-4)20(12-15)27-5/h6-12,17H,13-14H2,1-5H3,(H2,23,24,25). The fourth-order valence-corrected chi connectivity index (χ4v) is 3.47. The van der Waals surface area contributed by atoms with Crippen molar-refractivity contribution in [3.63, 3.8) is 0 Å². The maximum absolute atomic E-state index is 6.12. The molecule has 0 aromatic heterocycles. The normalized spacial score (nSPS) is 17.9. The number of aliphatic imine (C=N–C) groups is 1. The van der Waals surface area contributed by atoms with E-state index in [2.05, 4.69) is 35.5 Å². The first-order valence-electron chi connectivity index (χ1n) is 9.42. The number of para-hydroxylation sites is 1. The minimum atomic E-state index is -0.242. The third-order valence-corrected chi connectivity index (χ3v) is 4.82. The van der Waals surface area contributed by atoms with Gasteiger partial charge in [-0.05, 0) is 37.6 Å². The highest BCUT2D eigenvalue weighted by Crippen LogP contribution is 2.39. The van der Waals surface area contributed by atoms with Gasteiger partial charge in [0.25, 0.3) is 0 Å². The summed E-state index contributed by atoms with van der Waals surface area (Å²) in [6.07, 6.45) is 0.848. The first-order valence-corrected chi connectivity index (χ1v) is 9.42. The highest BCUT2D eigenvalue weighted by atomic mass is 16.5. The Kier molecular flexibility index (Phi) is 5.97. The average molecular weight is 383 g/mol. The Balaban J connectivity index is 1.70. The largest absolute Gasteiger partial charge is 0.493 e. The highest BCUT2D eigenvalue weighted by Gasteiger charge is 2.33. The van der Waals surface area contributed by atoms with Gasteiger partial charge in [0.1, 0.15) is 11.4 Å². The van der Waals surface area contributed by atoms with Gasteiger partial charge >= 0.3 is 0 Å². The third-order valence-electron chi connectivity index (χ3n) is 4.82. The molecule has 2 aromatic rings. The summed E-state index contributed by atoms with van der Waals surface area (Å²) in [4.78, 5) is 4.39. The van der Waals surface area contributed by atoms with Gasteiger partial charge in [-0.25, -0.2) is 0 Å². The second kappa shape index (κ2) is 8.42. The van der Waals surface area contributed by atoms with Gasteiger partial charge in [0, 0.05) is 25.6 Å². The lowest BCUT2D eigenvalue weighted by atomic mass is 9.90. The molecule has 0 saturated carbocycles. The van der Waals surface area contributed by atoms with Crippen LogP contribution in [0.2, 0.25) is 0 Å². The maximum Gasteiger partial charge on any atom is 0.191 e. The summed E-state index contributed by atoms with van der Waals surface area (Å²) < 4.78 is 16.8. The van der Waals surface area contributed by atoms with Crippen LogP contribution in [0.25, 0.3) is 0 Å². The molecule has 0 fully saturated rings. The molecule has 0 aliphatic carbocycles. The molecule has 2 N–H and O–H groups in total. The third kappa shape index (κ3) is 4.50. The van der Waals surface area contributed by atoms with Crippen LogP contribution in [-0.2, 0) is 6.54 Å². The number of hydrogen-bond acceptors (Lipinski definition) is 4. The van der Waals surface area contributed by atoms with Gasteiger partial charge < -0.3 is 24.8 Å². The van der Waals surface area contributed by atoms with Crippen LogP contribution in [0.4, 0.5) is 0 Å². The van der Waals surface area contributed by atoms with E-state index in [-0.39, 0.29) is 11.6 Å². The Bertz CT molecular complexity index is 849. The molecule has 1 atom stereocenters. The minimum Gasteiger partial charge on any atom is -0.493 e. The van der Waals surface area contributed by atoms with Crippen LogP contribution >= 0.6 is 0 Å². The Hall–Kier alpha value is -2.89. The van der Waals surface area contributed by atoms with E-state index in [0.29, 0.717) is 12.3 Å². The number of benzene rings is 2. The number of hydrogen-bond donors (Lipinski definition) is 2. The molecule has 2 aromatic carbocycles. The zero-order chi connectivity index (χ0) is 20.1. The first kappa shape index (κ1) is 19.9. The van der Waals surface area contributed by atoms with Crippen LogP contribution in [0.5, 0.6) is 17.2 Å². The fourth-order valence-electron chi connectivity index (χ4n) is 3.47. The predicted molar refractivity (Wildman–Crippen MR) is 111 cm³/mol. The lowest BCUT2D eigenvalue weighted by Crippen LogP contribution is -2.45. The van der Waals surface area contributed by atoms with E-state index >= 15 is 0 Å². The predicted octanol–water partition coefficient (Wildman–Crippen LogP) is 3.67. The van der Waals surface area contributed by atoms with E-state index in [9.17, 15) is 0 Å². The van der Waals surface area contributed by atoms with Gasteiger partial charge in [-0.15, -0.1) is 0 Å². The van der Waals surface area contributed by atoms with E-state index < -0.39 is 0 Å². The van der Waals surface area contributed by atoms with Crippen LogP contribution in [-0.4, -0.2) is 32.8 Å².